The Morgan fingerprint density at radius 2 is 1.77 bits per heavy atom. The summed E-state index contributed by atoms with van der Waals surface area (Å²) in [5, 5.41) is 2.29. The standard InChI is InChI=1S/C27H22NO2/c1-17-9-12-22-21-7-5-6-20(19-11-10-18-13-15-29-24(18)16-19)26(21)30-27(22)25(17)23-8-3-4-14-28(23)2/h3-12,14,16H,13,15H2,1-2H3/q+1. The zero-order valence-electron chi connectivity index (χ0n) is 17.1. The van der Waals surface area contributed by atoms with Gasteiger partial charge >= 0.3 is 0 Å². The molecule has 1 aliphatic rings. The third kappa shape index (κ3) is 2.48. The molecule has 3 nitrogen and oxygen atoms in total. The van der Waals surface area contributed by atoms with Gasteiger partial charge in [0.05, 0.1) is 12.2 Å². The Morgan fingerprint density at radius 3 is 2.67 bits per heavy atom. The van der Waals surface area contributed by atoms with Crippen molar-refractivity contribution in [3.05, 3.63) is 84.1 Å². The van der Waals surface area contributed by atoms with E-state index in [1.54, 1.807) is 0 Å². The summed E-state index contributed by atoms with van der Waals surface area (Å²) in [4.78, 5) is 0. The van der Waals surface area contributed by atoms with Gasteiger partial charge in [-0.05, 0) is 35.7 Å². The number of fused-ring (bicyclic) bond motifs is 4. The molecule has 0 aliphatic carbocycles. The average molecular weight is 392 g/mol. The van der Waals surface area contributed by atoms with Gasteiger partial charge in [-0.3, -0.25) is 0 Å². The Balaban J connectivity index is 1.65. The lowest BCUT2D eigenvalue weighted by molar-refractivity contribution is -0.660. The van der Waals surface area contributed by atoms with Gasteiger partial charge in [0.2, 0.25) is 5.69 Å². The minimum absolute atomic E-state index is 0.768. The minimum atomic E-state index is 0.768. The number of ether oxygens (including phenoxy) is 1. The SMILES string of the molecule is Cc1ccc2c(oc3c(-c4ccc5c(c4)OCC5)cccc32)c1-c1cccc[n+]1C. The van der Waals surface area contributed by atoms with Gasteiger partial charge in [0.1, 0.15) is 24.0 Å². The lowest BCUT2D eigenvalue weighted by Crippen LogP contribution is -2.30. The zero-order chi connectivity index (χ0) is 20.2. The summed E-state index contributed by atoms with van der Waals surface area (Å²) in [6.07, 6.45) is 3.06. The van der Waals surface area contributed by atoms with Gasteiger partial charge in [0, 0.05) is 34.9 Å². The number of hydrogen-bond acceptors (Lipinski definition) is 2. The van der Waals surface area contributed by atoms with Crippen LogP contribution >= 0.6 is 0 Å². The Hall–Kier alpha value is -3.59. The number of para-hydroxylation sites is 1. The Bertz CT molecular complexity index is 1440. The van der Waals surface area contributed by atoms with Crippen molar-refractivity contribution < 1.29 is 13.7 Å². The lowest BCUT2D eigenvalue weighted by atomic mass is 9.98. The molecular formula is C27H22NO2+. The molecule has 0 saturated carbocycles. The molecule has 3 heteroatoms. The number of rotatable bonds is 2. The average Bonchev–Trinajstić information content (AvgIpc) is 3.38. The monoisotopic (exact) mass is 392 g/mol. The predicted octanol–water partition coefficient (Wildman–Crippen LogP) is 5.99. The molecule has 3 aromatic carbocycles. The van der Waals surface area contributed by atoms with Gasteiger partial charge in [-0.25, -0.2) is 4.57 Å². The van der Waals surface area contributed by atoms with Crippen molar-refractivity contribution >= 4 is 21.9 Å². The molecule has 0 bridgehead atoms. The quantitative estimate of drug-likeness (QED) is 0.345. The van der Waals surface area contributed by atoms with Crippen molar-refractivity contribution in [1.29, 1.82) is 0 Å². The fourth-order valence-corrected chi connectivity index (χ4v) is 4.62. The third-order valence-electron chi connectivity index (χ3n) is 6.19. The van der Waals surface area contributed by atoms with Crippen molar-refractivity contribution in [1.82, 2.24) is 0 Å². The number of pyridine rings is 1. The van der Waals surface area contributed by atoms with E-state index in [-0.39, 0.29) is 0 Å². The van der Waals surface area contributed by atoms with Crippen molar-refractivity contribution in [3.8, 4) is 28.1 Å². The molecule has 0 saturated heterocycles. The smallest absolute Gasteiger partial charge is 0.216 e. The summed E-state index contributed by atoms with van der Waals surface area (Å²) in [6, 6.07) is 23.5. The topological polar surface area (TPSA) is 26.2 Å². The van der Waals surface area contributed by atoms with Crippen LogP contribution in [0.1, 0.15) is 11.1 Å². The van der Waals surface area contributed by atoms with Crippen LogP contribution in [0.25, 0.3) is 44.3 Å². The highest BCUT2D eigenvalue weighted by molar-refractivity contribution is 6.13. The molecule has 1 aliphatic heterocycles. The first-order valence-electron chi connectivity index (χ1n) is 10.4. The molecule has 3 heterocycles. The second kappa shape index (κ2) is 6.46. The van der Waals surface area contributed by atoms with E-state index in [1.807, 2.05) is 6.07 Å². The third-order valence-corrected chi connectivity index (χ3v) is 6.19. The molecule has 5 aromatic rings. The Morgan fingerprint density at radius 1 is 0.867 bits per heavy atom. The fraction of sp³-hybridized carbons (Fsp3) is 0.148. The maximum Gasteiger partial charge on any atom is 0.216 e. The first-order valence-corrected chi connectivity index (χ1v) is 10.4. The highest BCUT2D eigenvalue weighted by atomic mass is 16.5. The van der Waals surface area contributed by atoms with Gasteiger partial charge in [-0.2, -0.15) is 0 Å². The van der Waals surface area contributed by atoms with Crippen LogP contribution in [0.5, 0.6) is 5.75 Å². The first kappa shape index (κ1) is 17.3. The number of benzene rings is 3. The molecule has 30 heavy (non-hydrogen) atoms. The normalized spacial score (nSPS) is 13.0. The lowest BCUT2D eigenvalue weighted by Gasteiger charge is -2.05. The van der Waals surface area contributed by atoms with Crippen molar-refractivity contribution in [2.75, 3.05) is 6.61 Å². The highest BCUT2D eigenvalue weighted by Crippen LogP contribution is 2.41. The number of aryl methyl sites for hydroxylation is 2. The number of hydrogen-bond donors (Lipinski definition) is 0. The van der Waals surface area contributed by atoms with Crippen LogP contribution in [0.4, 0.5) is 0 Å². The molecule has 0 fully saturated rings. The molecule has 0 amide bonds. The van der Waals surface area contributed by atoms with E-state index in [0.717, 1.165) is 63.1 Å². The van der Waals surface area contributed by atoms with E-state index < -0.39 is 0 Å². The second-order valence-electron chi connectivity index (χ2n) is 8.04. The van der Waals surface area contributed by atoms with Crippen molar-refractivity contribution in [3.63, 3.8) is 0 Å². The molecule has 6 rings (SSSR count). The van der Waals surface area contributed by atoms with E-state index in [1.165, 1.54) is 11.1 Å². The van der Waals surface area contributed by atoms with Crippen LogP contribution in [0.15, 0.2) is 77.3 Å². The van der Waals surface area contributed by atoms with Gasteiger partial charge < -0.3 is 9.15 Å². The van der Waals surface area contributed by atoms with Crippen LogP contribution in [0, 0.1) is 6.92 Å². The van der Waals surface area contributed by atoms with Crippen LogP contribution in [-0.4, -0.2) is 6.61 Å². The second-order valence-corrected chi connectivity index (χ2v) is 8.04. The molecular weight excluding hydrogens is 370 g/mol. The molecule has 2 aromatic heterocycles. The summed E-state index contributed by atoms with van der Waals surface area (Å²) in [6.45, 7) is 2.91. The summed E-state index contributed by atoms with van der Waals surface area (Å²) in [7, 11) is 2.08. The summed E-state index contributed by atoms with van der Waals surface area (Å²) < 4.78 is 14.6. The number of nitrogens with zero attached hydrogens (tertiary/aromatic N) is 1. The van der Waals surface area contributed by atoms with E-state index in [2.05, 4.69) is 85.4 Å². The highest BCUT2D eigenvalue weighted by Gasteiger charge is 2.22. The largest absolute Gasteiger partial charge is 0.493 e. The molecule has 0 radical (unpaired) electrons. The zero-order valence-corrected chi connectivity index (χ0v) is 17.1. The van der Waals surface area contributed by atoms with Crippen molar-refractivity contribution in [2.45, 2.75) is 13.3 Å². The molecule has 0 N–H and O–H groups in total. The molecule has 0 unspecified atom stereocenters. The van der Waals surface area contributed by atoms with Gasteiger partial charge in [-0.15, -0.1) is 0 Å². The van der Waals surface area contributed by atoms with E-state index in [4.69, 9.17) is 9.15 Å². The molecule has 146 valence electrons. The number of aromatic nitrogens is 1. The Kier molecular flexibility index (Phi) is 3.72. The molecule has 0 spiro atoms. The van der Waals surface area contributed by atoms with Gasteiger partial charge in [-0.1, -0.05) is 42.5 Å². The summed E-state index contributed by atoms with van der Waals surface area (Å²) in [5.41, 5.74) is 8.88. The number of furan rings is 1. The van der Waals surface area contributed by atoms with Crippen LogP contribution in [0.3, 0.4) is 0 Å². The minimum Gasteiger partial charge on any atom is -0.493 e. The maximum absolute atomic E-state index is 6.62. The summed E-state index contributed by atoms with van der Waals surface area (Å²) >= 11 is 0. The van der Waals surface area contributed by atoms with Gasteiger partial charge in [0.25, 0.3) is 0 Å². The maximum atomic E-state index is 6.62. The Labute approximate surface area is 175 Å². The van der Waals surface area contributed by atoms with E-state index >= 15 is 0 Å². The van der Waals surface area contributed by atoms with Crippen molar-refractivity contribution in [2.24, 2.45) is 7.05 Å². The fourth-order valence-electron chi connectivity index (χ4n) is 4.62. The van der Waals surface area contributed by atoms with Crippen LogP contribution in [0.2, 0.25) is 0 Å². The summed E-state index contributed by atoms with van der Waals surface area (Å²) in [5.74, 6) is 0.994. The molecule has 0 atom stereocenters. The van der Waals surface area contributed by atoms with Gasteiger partial charge in [0.15, 0.2) is 6.20 Å². The predicted molar refractivity (Wildman–Crippen MR) is 120 cm³/mol. The van der Waals surface area contributed by atoms with Crippen LogP contribution in [-0.2, 0) is 13.5 Å². The van der Waals surface area contributed by atoms with E-state index in [0.29, 0.717) is 0 Å². The first-order chi connectivity index (χ1) is 14.7. The van der Waals surface area contributed by atoms with E-state index in [9.17, 15) is 0 Å². The van der Waals surface area contributed by atoms with Crippen LogP contribution < -0.4 is 9.30 Å².